The van der Waals surface area contributed by atoms with E-state index in [9.17, 15) is 0 Å². The lowest BCUT2D eigenvalue weighted by Crippen LogP contribution is -2.40. The van der Waals surface area contributed by atoms with Gasteiger partial charge in [-0.25, -0.2) is 9.97 Å². The van der Waals surface area contributed by atoms with Crippen molar-refractivity contribution >= 4 is 5.82 Å². The van der Waals surface area contributed by atoms with Crippen molar-refractivity contribution in [1.29, 1.82) is 0 Å². The van der Waals surface area contributed by atoms with Gasteiger partial charge in [0.25, 0.3) is 0 Å². The van der Waals surface area contributed by atoms with Crippen LogP contribution in [0.2, 0.25) is 0 Å². The minimum absolute atomic E-state index is 0.361. The average molecular weight is 316 g/mol. The molecule has 0 spiro atoms. The second-order valence-electron chi connectivity index (χ2n) is 5.94. The number of anilines is 1. The molecule has 3 heterocycles. The highest BCUT2D eigenvalue weighted by Crippen LogP contribution is 2.34. The molecule has 0 bridgehead atoms. The molecule has 23 heavy (non-hydrogen) atoms. The molecule has 1 atom stereocenters. The lowest BCUT2D eigenvalue weighted by molar-refractivity contribution is 0.0785. The molecule has 0 saturated carbocycles. The maximum atomic E-state index is 5.07. The van der Waals surface area contributed by atoms with Crippen molar-refractivity contribution in [3.05, 3.63) is 35.5 Å². The van der Waals surface area contributed by atoms with Gasteiger partial charge in [-0.2, -0.15) is 5.10 Å². The van der Waals surface area contributed by atoms with Crippen LogP contribution in [0.1, 0.15) is 29.5 Å². The van der Waals surface area contributed by atoms with Gasteiger partial charge >= 0.3 is 0 Å². The van der Waals surface area contributed by atoms with E-state index in [0.29, 0.717) is 12.6 Å². The maximum absolute atomic E-state index is 5.07. The van der Waals surface area contributed by atoms with Crippen LogP contribution in [0.25, 0.3) is 0 Å². The number of aryl methyl sites for hydroxylation is 2. The van der Waals surface area contributed by atoms with E-state index in [-0.39, 0.29) is 0 Å². The van der Waals surface area contributed by atoms with Crippen LogP contribution in [-0.2, 0) is 18.3 Å². The minimum Gasteiger partial charge on any atom is -0.383 e. The standard InChI is InChI=1S/C16H24N6O/c1-12-19-14(8-16(20-12)17-5-7-23-3)15-4-6-22(15)11-13-9-18-21(2)10-13/h8-10,15H,4-7,11H2,1-3H3,(H,17,19,20)/t15-/m0/s1. The number of hydrogen-bond acceptors (Lipinski definition) is 6. The Hall–Kier alpha value is -1.99. The van der Waals surface area contributed by atoms with Gasteiger partial charge in [0.05, 0.1) is 24.5 Å². The summed E-state index contributed by atoms with van der Waals surface area (Å²) in [5.74, 6) is 1.67. The summed E-state index contributed by atoms with van der Waals surface area (Å²) < 4.78 is 6.91. The first-order valence-electron chi connectivity index (χ1n) is 7.95. The Morgan fingerprint density at radius 2 is 2.26 bits per heavy atom. The molecule has 1 fully saturated rings. The SMILES string of the molecule is COCCNc1cc([C@@H]2CCN2Cc2cnn(C)c2)nc(C)n1. The van der Waals surface area contributed by atoms with Gasteiger partial charge in [0.1, 0.15) is 11.6 Å². The van der Waals surface area contributed by atoms with Crippen LogP contribution < -0.4 is 5.32 Å². The van der Waals surface area contributed by atoms with Gasteiger partial charge in [-0.05, 0) is 13.3 Å². The third-order valence-electron chi connectivity index (χ3n) is 4.09. The molecule has 1 N–H and O–H groups in total. The van der Waals surface area contributed by atoms with Crippen LogP contribution in [-0.4, -0.2) is 51.5 Å². The predicted molar refractivity (Wildman–Crippen MR) is 88.1 cm³/mol. The van der Waals surface area contributed by atoms with Gasteiger partial charge in [-0.15, -0.1) is 0 Å². The second kappa shape index (κ2) is 7.06. The van der Waals surface area contributed by atoms with Crippen LogP contribution in [0, 0.1) is 6.92 Å². The fourth-order valence-electron chi connectivity index (χ4n) is 2.89. The molecular weight excluding hydrogens is 292 g/mol. The van der Waals surface area contributed by atoms with Gasteiger partial charge in [-0.1, -0.05) is 0 Å². The monoisotopic (exact) mass is 316 g/mol. The first-order chi connectivity index (χ1) is 11.2. The Balaban J connectivity index is 1.68. The summed E-state index contributed by atoms with van der Waals surface area (Å²) in [6, 6.07) is 2.42. The quantitative estimate of drug-likeness (QED) is 0.781. The highest BCUT2D eigenvalue weighted by atomic mass is 16.5. The molecule has 0 aromatic carbocycles. The molecule has 3 rings (SSSR count). The normalized spacial score (nSPS) is 18.0. The molecule has 2 aromatic heterocycles. The number of ether oxygens (including phenoxy) is 1. The van der Waals surface area contributed by atoms with E-state index in [1.54, 1.807) is 7.11 Å². The molecule has 1 saturated heterocycles. The maximum Gasteiger partial charge on any atom is 0.130 e. The zero-order chi connectivity index (χ0) is 16.2. The number of methoxy groups -OCH3 is 1. The Morgan fingerprint density at radius 3 is 2.91 bits per heavy atom. The van der Waals surface area contributed by atoms with Crippen molar-refractivity contribution < 1.29 is 4.74 Å². The number of hydrogen-bond donors (Lipinski definition) is 1. The molecule has 2 aromatic rings. The summed E-state index contributed by atoms with van der Waals surface area (Å²) in [5, 5.41) is 7.53. The molecule has 1 aliphatic rings. The number of nitrogens with zero attached hydrogens (tertiary/aromatic N) is 5. The van der Waals surface area contributed by atoms with Gasteiger partial charge in [-0.3, -0.25) is 9.58 Å². The van der Waals surface area contributed by atoms with Crippen molar-refractivity contribution in [3.8, 4) is 0 Å². The Morgan fingerprint density at radius 1 is 1.39 bits per heavy atom. The number of likely N-dealkylation sites (tertiary alicyclic amines) is 1. The van der Waals surface area contributed by atoms with Crippen LogP contribution in [0.5, 0.6) is 0 Å². The zero-order valence-electron chi connectivity index (χ0n) is 14.0. The lowest BCUT2D eigenvalue weighted by atomic mass is 9.98. The third-order valence-corrected chi connectivity index (χ3v) is 4.09. The van der Waals surface area contributed by atoms with E-state index in [1.807, 2.05) is 24.9 Å². The minimum atomic E-state index is 0.361. The van der Waals surface area contributed by atoms with Crippen molar-refractivity contribution in [2.45, 2.75) is 25.9 Å². The van der Waals surface area contributed by atoms with Crippen LogP contribution in [0.4, 0.5) is 5.82 Å². The van der Waals surface area contributed by atoms with Gasteiger partial charge in [0, 0.05) is 51.6 Å². The predicted octanol–water partition coefficient (Wildman–Crippen LogP) is 1.52. The summed E-state index contributed by atoms with van der Waals surface area (Å²) in [7, 11) is 3.64. The zero-order valence-corrected chi connectivity index (χ0v) is 14.0. The molecule has 7 nitrogen and oxygen atoms in total. The van der Waals surface area contributed by atoms with Crippen molar-refractivity contribution in [2.24, 2.45) is 7.05 Å². The van der Waals surface area contributed by atoms with Gasteiger partial charge in [0.2, 0.25) is 0 Å². The van der Waals surface area contributed by atoms with E-state index in [2.05, 4.69) is 37.5 Å². The molecule has 0 aliphatic carbocycles. The molecular formula is C16H24N6O. The summed E-state index contributed by atoms with van der Waals surface area (Å²) >= 11 is 0. The van der Waals surface area contributed by atoms with Crippen LogP contribution in [0.15, 0.2) is 18.5 Å². The van der Waals surface area contributed by atoms with E-state index >= 15 is 0 Å². The number of rotatable bonds is 7. The third kappa shape index (κ3) is 3.86. The number of nitrogens with one attached hydrogen (secondary N) is 1. The summed E-state index contributed by atoms with van der Waals surface area (Å²) in [6.45, 7) is 5.35. The van der Waals surface area contributed by atoms with Crippen molar-refractivity contribution in [3.63, 3.8) is 0 Å². The van der Waals surface area contributed by atoms with E-state index < -0.39 is 0 Å². The van der Waals surface area contributed by atoms with Gasteiger partial charge in [0.15, 0.2) is 0 Å². The van der Waals surface area contributed by atoms with E-state index in [4.69, 9.17) is 4.74 Å². The largest absolute Gasteiger partial charge is 0.383 e. The highest BCUT2D eigenvalue weighted by molar-refractivity contribution is 5.37. The summed E-state index contributed by atoms with van der Waals surface area (Å²) in [5.41, 5.74) is 2.33. The molecule has 1 aliphatic heterocycles. The molecule has 7 heteroatoms. The molecule has 124 valence electrons. The summed E-state index contributed by atoms with van der Waals surface area (Å²) in [6.07, 6.45) is 5.13. The lowest BCUT2D eigenvalue weighted by Gasteiger charge is -2.40. The first-order valence-corrected chi connectivity index (χ1v) is 7.95. The van der Waals surface area contributed by atoms with Crippen LogP contribution in [0.3, 0.4) is 0 Å². The second-order valence-corrected chi connectivity index (χ2v) is 5.94. The Bertz CT molecular complexity index is 656. The fraction of sp³-hybridized carbons (Fsp3) is 0.562. The molecule has 0 unspecified atom stereocenters. The molecule has 0 radical (unpaired) electrons. The first kappa shape index (κ1) is 15.9. The van der Waals surface area contributed by atoms with Gasteiger partial charge < -0.3 is 10.1 Å². The number of aromatic nitrogens is 4. The fourth-order valence-corrected chi connectivity index (χ4v) is 2.89. The van der Waals surface area contributed by atoms with Crippen molar-refractivity contribution in [2.75, 3.05) is 32.1 Å². The van der Waals surface area contributed by atoms with Crippen molar-refractivity contribution in [1.82, 2.24) is 24.6 Å². The van der Waals surface area contributed by atoms with E-state index in [0.717, 1.165) is 43.4 Å². The Labute approximate surface area is 136 Å². The Kier molecular flexibility index (Phi) is 4.88. The van der Waals surface area contributed by atoms with Crippen LogP contribution >= 0.6 is 0 Å². The summed E-state index contributed by atoms with van der Waals surface area (Å²) in [4.78, 5) is 11.5. The smallest absolute Gasteiger partial charge is 0.130 e. The molecule has 0 amide bonds. The topological polar surface area (TPSA) is 68.1 Å². The highest BCUT2D eigenvalue weighted by Gasteiger charge is 2.31. The average Bonchev–Trinajstić information content (AvgIpc) is 2.89. The van der Waals surface area contributed by atoms with E-state index in [1.165, 1.54) is 5.56 Å².